The Morgan fingerprint density at radius 2 is 0.444 bits per heavy atom. The number of hydrogen-bond donors (Lipinski definition) is 0. The summed E-state index contributed by atoms with van der Waals surface area (Å²) >= 11 is 0. The van der Waals surface area contributed by atoms with Gasteiger partial charge in [-0.1, -0.05) is 413 Å². The minimum Gasteiger partial charge on any atom is -0.310 e. The number of fused-ring (bicyclic) bond motifs is 16. The van der Waals surface area contributed by atoms with Crippen molar-refractivity contribution in [1.82, 2.24) is 0 Å². The van der Waals surface area contributed by atoms with E-state index in [9.17, 15) is 0 Å². The highest BCUT2D eigenvalue weighted by Crippen LogP contribution is 2.54. The molecule has 0 bridgehead atoms. The van der Waals surface area contributed by atoms with Crippen molar-refractivity contribution < 1.29 is 0 Å². The third-order valence-electron chi connectivity index (χ3n) is 25.6. The monoisotopic (exact) mass is 1600 g/mol. The molecule has 0 unspecified atom stereocenters. The van der Waals surface area contributed by atoms with Gasteiger partial charge < -0.3 is 9.80 Å². The lowest BCUT2D eigenvalue weighted by Gasteiger charge is -2.28. The average Bonchev–Trinajstić information content (AvgIpc) is 0.711. The summed E-state index contributed by atoms with van der Waals surface area (Å²) < 4.78 is 0. The van der Waals surface area contributed by atoms with E-state index in [-0.39, 0.29) is 0 Å². The lowest BCUT2D eigenvalue weighted by Crippen LogP contribution is -2.11. The van der Waals surface area contributed by atoms with Crippen LogP contribution in [0, 0.1) is 0 Å². The zero-order valence-electron chi connectivity index (χ0n) is 69.2. The molecular weight excluding hydrogens is 1520 g/mol. The molecule has 0 radical (unpaired) electrons. The van der Waals surface area contributed by atoms with Gasteiger partial charge in [-0.2, -0.15) is 0 Å². The zero-order valence-corrected chi connectivity index (χ0v) is 69.2. The van der Waals surface area contributed by atoms with Crippen LogP contribution in [0.1, 0.15) is 0 Å². The first-order valence-electron chi connectivity index (χ1n) is 43.5. The number of hydrogen-bond acceptors (Lipinski definition) is 2. The smallest absolute Gasteiger partial charge is 0.0540 e. The van der Waals surface area contributed by atoms with Crippen LogP contribution in [0.2, 0.25) is 0 Å². The third kappa shape index (κ3) is 13.2. The Hall–Kier alpha value is -16.5. The van der Waals surface area contributed by atoms with Crippen molar-refractivity contribution in [2.24, 2.45) is 0 Å². The lowest BCUT2D eigenvalue weighted by molar-refractivity contribution is 1.30. The zero-order chi connectivity index (χ0) is 83.4. The van der Waals surface area contributed by atoms with Crippen LogP contribution in [0.15, 0.2) is 497 Å². The van der Waals surface area contributed by atoms with Gasteiger partial charge in [0.1, 0.15) is 0 Å². The van der Waals surface area contributed by atoms with Gasteiger partial charge >= 0.3 is 0 Å². The van der Waals surface area contributed by atoms with Crippen molar-refractivity contribution >= 4 is 142 Å². The van der Waals surface area contributed by atoms with Crippen molar-refractivity contribution in [3.63, 3.8) is 0 Å². The van der Waals surface area contributed by atoms with Gasteiger partial charge in [-0.15, -0.1) is 0 Å². The van der Waals surface area contributed by atoms with E-state index in [1.54, 1.807) is 0 Å². The molecule has 126 heavy (non-hydrogen) atoms. The second-order valence-electron chi connectivity index (χ2n) is 32.8. The van der Waals surface area contributed by atoms with Crippen molar-refractivity contribution in [3.05, 3.63) is 497 Å². The number of benzene rings is 24. The molecule has 0 amide bonds. The van der Waals surface area contributed by atoms with E-state index < -0.39 is 0 Å². The van der Waals surface area contributed by atoms with E-state index in [1.165, 1.54) is 197 Å². The van der Waals surface area contributed by atoms with Crippen molar-refractivity contribution in [3.8, 4) is 89.0 Å². The summed E-state index contributed by atoms with van der Waals surface area (Å²) in [6, 6.07) is 182. The highest BCUT2D eigenvalue weighted by molar-refractivity contribution is 6.35. The molecule has 2 heteroatoms. The predicted molar refractivity (Wildman–Crippen MR) is 541 cm³/mol. The Labute approximate surface area is 733 Å². The van der Waals surface area contributed by atoms with Gasteiger partial charge in [-0.25, -0.2) is 0 Å². The molecule has 0 saturated carbocycles. The van der Waals surface area contributed by atoms with Crippen LogP contribution in [0.25, 0.3) is 197 Å². The van der Waals surface area contributed by atoms with Crippen LogP contribution in [0.5, 0.6) is 0 Å². The highest BCUT2D eigenvalue weighted by atomic mass is 15.1. The maximum Gasteiger partial charge on any atom is 0.0540 e. The molecule has 0 aliphatic carbocycles. The first-order valence-corrected chi connectivity index (χ1v) is 43.5. The van der Waals surface area contributed by atoms with E-state index in [2.05, 4.69) is 507 Å². The fourth-order valence-electron chi connectivity index (χ4n) is 19.9. The van der Waals surface area contributed by atoms with Crippen molar-refractivity contribution in [2.75, 3.05) is 9.80 Å². The van der Waals surface area contributed by atoms with E-state index >= 15 is 0 Å². The molecule has 2 nitrogen and oxygen atoms in total. The molecule has 24 aromatic rings. The standard InChI is InChI=1S/2C62H41N/c1-5-20-43(21-6-1)55-41-56(44-22-7-2-8-23-44)61-54-37-36-46(40-57(54)51-32-16-18-34-53(51)62(61)60(55)45-25-9-3-10-26-45)48-38-39-59(52-33-17-15-31-50(48)52)63(47-28-11-4-12-29-47)58-35-19-27-42-24-13-14-30-49(42)58;1-5-18-43(19-6-1)56-41-57(44-20-7-2-8-21-44)61-55-37-35-49(40-58(55)53-29-15-16-30-54(53)62(61)60(56)45-23-9-3-10-24-45)46-32-33-48-39-51(36-34-47(48)38-46)63(50-26-11-4-12-27-50)59-31-17-25-42-22-13-14-28-52(42)59/h2*1-41H. The van der Waals surface area contributed by atoms with Crippen molar-refractivity contribution in [2.45, 2.75) is 0 Å². The van der Waals surface area contributed by atoms with Crippen LogP contribution < -0.4 is 9.80 Å². The Balaban J connectivity index is 0.000000145. The van der Waals surface area contributed by atoms with Gasteiger partial charge in [0.05, 0.1) is 17.1 Å². The molecule has 0 aromatic heterocycles. The molecular formula is C124H82N2. The predicted octanol–water partition coefficient (Wildman–Crippen LogP) is 35.2. The Kier molecular flexibility index (Phi) is 19.0. The normalized spacial score (nSPS) is 11.5. The van der Waals surface area contributed by atoms with Crippen LogP contribution in [0.4, 0.5) is 34.1 Å². The van der Waals surface area contributed by atoms with E-state index in [4.69, 9.17) is 0 Å². The topological polar surface area (TPSA) is 6.48 Å². The van der Waals surface area contributed by atoms with Crippen LogP contribution >= 0.6 is 0 Å². The second-order valence-corrected chi connectivity index (χ2v) is 32.8. The lowest BCUT2D eigenvalue weighted by atomic mass is 9.81. The molecule has 24 rings (SSSR count). The van der Waals surface area contributed by atoms with E-state index in [0.29, 0.717) is 0 Å². The Morgan fingerprint density at radius 1 is 0.119 bits per heavy atom. The summed E-state index contributed by atoms with van der Waals surface area (Å²) in [5, 5.41) is 24.8. The SMILES string of the molecule is c1ccc(-c2cc(-c3ccccc3)c3c4ccc(-c5ccc(N(c6ccccc6)c6cccc7ccccc67)c6ccccc56)cc4c4ccccc4c3c2-c2ccccc2)cc1.c1ccc(-c2cc(-c3ccccc3)c3c4ccc(-c5ccc6cc(N(c7ccccc7)c7cccc8ccccc78)ccc6c5)cc4c4ccccc4c3c2-c2ccccc2)cc1. The highest BCUT2D eigenvalue weighted by Gasteiger charge is 2.27. The number of anilines is 6. The van der Waals surface area contributed by atoms with Gasteiger partial charge in [0, 0.05) is 33.2 Å². The van der Waals surface area contributed by atoms with Crippen molar-refractivity contribution in [1.29, 1.82) is 0 Å². The molecule has 24 aromatic carbocycles. The van der Waals surface area contributed by atoms with Gasteiger partial charge in [-0.3, -0.25) is 0 Å². The minimum atomic E-state index is 1.12. The summed E-state index contributed by atoms with van der Waals surface area (Å²) in [7, 11) is 0. The van der Waals surface area contributed by atoms with Crippen LogP contribution in [-0.4, -0.2) is 0 Å². The minimum absolute atomic E-state index is 1.12. The molecule has 0 aliphatic rings. The number of rotatable bonds is 14. The maximum atomic E-state index is 2.44. The van der Waals surface area contributed by atoms with Crippen LogP contribution in [-0.2, 0) is 0 Å². The first kappa shape index (κ1) is 74.5. The molecule has 0 spiro atoms. The molecule has 0 atom stereocenters. The number of nitrogens with zero attached hydrogens (tertiary/aromatic N) is 2. The molecule has 0 saturated heterocycles. The van der Waals surface area contributed by atoms with Crippen LogP contribution in [0.3, 0.4) is 0 Å². The summed E-state index contributed by atoms with van der Waals surface area (Å²) in [5.74, 6) is 0. The third-order valence-corrected chi connectivity index (χ3v) is 25.6. The molecule has 0 fully saturated rings. The summed E-state index contributed by atoms with van der Waals surface area (Å²) in [5.41, 5.74) is 26.3. The fourth-order valence-corrected chi connectivity index (χ4v) is 19.9. The maximum absolute atomic E-state index is 2.44. The quantitative estimate of drug-likeness (QED) is 0.100. The summed E-state index contributed by atoms with van der Waals surface area (Å²) in [4.78, 5) is 4.80. The van der Waals surface area contributed by atoms with Gasteiger partial charge in [0.15, 0.2) is 0 Å². The van der Waals surface area contributed by atoms with Gasteiger partial charge in [-0.05, 0) is 266 Å². The van der Waals surface area contributed by atoms with Gasteiger partial charge in [0.25, 0.3) is 0 Å². The molecule has 0 N–H and O–H groups in total. The molecule has 0 heterocycles. The first-order chi connectivity index (χ1) is 62.6. The molecule has 0 aliphatic heterocycles. The average molecular weight is 1600 g/mol. The van der Waals surface area contributed by atoms with E-state index in [1.807, 2.05) is 0 Å². The Morgan fingerprint density at radius 3 is 0.929 bits per heavy atom. The second kappa shape index (κ2) is 32.1. The van der Waals surface area contributed by atoms with E-state index in [0.717, 1.165) is 34.1 Å². The van der Waals surface area contributed by atoms with Gasteiger partial charge in [0.2, 0.25) is 0 Å². The summed E-state index contributed by atoms with van der Waals surface area (Å²) in [6.45, 7) is 0. The largest absolute Gasteiger partial charge is 0.310 e. The Bertz CT molecular complexity index is 8270. The number of para-hydroxylation sites is 2. The fraction of sp³-hybridized carbons (Fsp3) is 0. The molecule has 588 valence electrons. The summed E-state index contributed by atoms with van der Waals surface area (Å²) in [6.07, 6.45) is 0.